The molecule has 0 saturated carbocycles. The van der Waals surface area contributed by atoms with Crippen LogP contribution >= 0.6 is 0 Å². The third kappa shape index (κ3) is 2.35. The number of amides is 4. The van der Waals surface area contributed by atoms with Crippen LogP contribution in [0.2, 0.25) is 0 Å². The summed E-state index contributed by atoms with van der Waals surface area (Å²) in [6.07, 6.45) is -0.198. The molecule has 2 aliphatic rings. The number of anilines is 1. The zero-order valence-electron chi connectivity index (χ0n) is 11.8. The molecule has 2 fully saturated rings. The van der Waals surface area contributed by atoms with Crippen LogP contribution < -0.4 is 4.90 Å². The molecular formula is C14H11N3O6. The average molecular weight is 317 g/mol. The van der Waals surface area contributed by atoms with Gasteiger partial charge in [-0.1, -0.05) is 0 Å². The van der Waals surface area contributed by atoms with E-state index in [9.17, 15) is 29.3 Å². The minimum absolute atomic E-state index is 0.0360. The average Bonchev–Trinajstić information content (AvgIpc) is 2.98. The largest absolute Gasteiger partial charge is 0.274 e. The fourth-order valence-electron chi connectivity index (χ4n) is 2.75. The van der Waals surface area contributed by atoms with Gasteiger partial charge in [-0.25, -0.2) is 4.90 Å². The number of imide groups is 2. The maximum atomic E-state index is 12.4. The van der Waals surface area contributed by atoms with E-state index < -0.39 is 34.6 Å². The molecule has 23 heavy (non-hydrogen) atoms. The molecule has 2 heterocycles. The molecule has 9 heteroatoms. The SMILES string of the molecule is O=C1CC(N2C(=O)CCC2=O)C(=O)N1c1ccc([N+](=O)[O-])cc1. The second kappa shape index (κ2) is 5.27. The lowest BCUT2D eigenvalue weighted by Gasteiger charge is -2.20. The number of nitrogens with zero attached hydrogens (tertiary/aromatic N) is 3. The van der Waals surface area contributed by atoms with Gasteiger partial charge in [0.15, 0.2) is 0 Å². The Hall–Kier alpha value is -3.10. The van der Waals surface area contributed by atoms with Gasteiger partial charge in [-0.05, 0) is 12.1 Å². The van der Waals surface area contributed by atoms with Gasteiger partial charge in [0.05, 0.1) is 17.0 Å². The fraction of sp³-hybridized carbons (Fsp3) is 0.286. The third-order valence-electron chi connectivity index (χ3n) is 3.84. The van der Waals surface area contributed by atoms with Crippen LogP contribution in [0, 0.1) is 10.1 Å². The molecule has 0 spiro atoms. The van der Waals surface area contributed by atoms with Crippen molar-refractivity contribution in [1.82, 2.24) is 4.90 Å². The van der Waals surface area contributed by atoms with E-state index >= 15 is 0 Å². The second-order valence-corrected chi connectivity index (χ2v) is 5.22. The van der Waals surface area contributed by atoms with E-state index in [0.717, 1.165) is 9.80 Å². The van der Waals surface area contributed by atoms with Gasteiger partial charge in [0.2, 0.25) is 17.7 Å². The van der Waals surface area contributed by atoms with Crippen molar-refractivity contribution in [3.63, 3.8) is 0 Å². The zero-order valence-corrected chi connectivity index (χ0v) is 11.8. The molecule has 1 aromatic carbocycles. The Morgan fingerprint density at radius 3 is 2.04 bits per heavy atom. The number of carbonyl (C=O) groups is 4. The van der Waals surface area contributed by atoms with Crippen LogP contribution in [-0.4, -0.2) is 39.5 Å². The maximum absolute atomic E-state index is 12.4. The number of hydrogen-bond donors (Lipinski definition) is 0. The molecule has 9 nitrogen and oxygen atoms in total. The number of non-ortho nitro benzene ring substituents is 1. The number of nitro benzene ring substituents is 1. The van der Waals surface area contributed by atoms with Gasteiger partial charge in [-0.15, -0.1) is 0 Å². The van der Waals surface area contributed by atoms with Gasteiger partial charge >= 0.3 is 0 Å². The topological polar surface area (TPSA) is 118 Å². The summed E-state index contributed by atoms with van der Waals surface area (Å²) in [7, 11) is 0. The first-order chi connectivity index (χ1) is 10.9. The molecule has 118 valence electrons. The van der Waals surface area contributed by atoms with Crippen LogP contribution in [0.4, 0.5) is 11.4 Å². The van der Waals surface area contributed by atoms with Crippen LogP contribution in [0.25, 0.3) is 0 Å². The molecule has 1 unspecified atom stereocenters. The molecule has 0 aliphatic carbocycles. The van der Waals surface area contributed by atoms with Crippen molar-refractivity contribution in [2.75, 3.05) is 4.90 Å². The molecule has 2 aliphatic heterocycles. The summed E-state index contributed by atoms with van der Waals surface area (Å²) in [5.41, 5.74) is 0.00138. The Labute approximate surface area is 129 Å². The summed E-state index contributed by atoms with van der Waals surface area (Å²) >= 11 is 0. The van der Waals surface area contributed by atoms with Crippen molar-refractivity contribution in [1.29, 1.82) is 0 Å². The molecule has 0 bridgehead atoms. The standard InChI is InChI=1S/C14H11N3O6/c18-11-5-6-12(19)16(11)10-7-13(20)15(14(10)21)8-1-3-9(4-2-8)17(22)23/h1-4,10H,5-7H2. The molecule has 0 radical (unpaired) electrons. The molecule has 3 rings (SSSR count). The van der Waals surface area contributed by atoms with Crippen molar-refractivity contribution in [2.24, 2.45) is 0 Å². The monoisotopic (exact) mass is 317 g/mol. The maximum Gasteiger partial charge on any atom is 0.269 e. The third-order valence-corrected chi connectivity index (χ3v) is 3.84. The highest BCUT2D eigenvalue weighted by Gasteiger charge is 2.48. The lowest BCUT2D eigenvalue weighted by atomic mass is 10.2. The summed E-state index contributed by atoms with van der Waals surface area (Å²) in [4.78, 5) is 59.8. The van der Waals surface area contributed by atoms with E-state index in [1.165, 1.54) is 24.3 Å². The summed E-state index contributed by atoms with van der Waals surface area (Å²) < 4.78 is 0. The normalized spacial score (nSPS) is 21.5. The zero-order chi connectivity index (χ0) is 16.7. The number of rotatable bonds is 3. The number of benzene rings is 1. The van der Waals surface area contributed by atoms with Crippen molar-refractivity contribution >= 4 is 35.0 Å². The van der Waals surface area contributed by atoms with Gasteiger partial charge in [-0.2, -0.15) is 0 Å². The van der Waals surface area contributed by atoms with Crippen LogP contribution in [-0.2, 0) is 19.2 Å². The predicted molar refractivity (Wildman–Crippen MR) is 75.1 cm³/mol. The molecule has 2 saturated heterocycles. The summed E-state index contributed by atoms with van der Waals surface area (Å²) in [6.45, 7) is 0. The van der Waals surface area contributed by atoms with Gasteiger partial charge < -0.3 is 0 Å². The highest BCUT2D eigenvalue weighted by atomic mass is 16.6. The first kappa shape index (κ1) is 14.8. The van der Waals surface area contributed by atoms with Crippen LogP contribution in [0.5, 0.6) is 0 Å². The predicted octanol–water partition coefficient (Wildman–Crippen LogP) is 0.376. The fourth-order valence-corrected chi connectivity index (χ4v) is 2.75. The highest BCUT2D eigenvalue weighted by molar-refractivity contribution is 6.24. The summed E-state index contributed by atoms with van der Waals surface area (Å²) in [5.74, 6) is -2.16. The van der Waals surface area contributed by atoms with E-state index in [2.05, 4.69) is 0 Å². The molecule has 0 N–H and O–H groups in total. The Balaban J connectivity index is 1.88. The lowest BCUT2D eigenvalue weighted by Crippen LogP contribution is -2.44. The second-order valence-electron chi connectivity index (χ2n) is 5.22. The van der Waals surface area contributed by atoms with Crippen molar-refractivity contribution in [2.45, 2.75) is 25.3 Å². The number of likely N-dealkylation sites (tertiary alicyclic amines) is 1. The first-order valence-electron chi connectivity index (χ1n) is 6.86. The molecule has 1 atom stereocenters. The Kier molecular flexibility index (Phi) is 3.40. The van der Waals surface area contributed by atoms with E-state index in [0.29, 0.717) is 0 Å². The van der Waals surface area contributed by atoms with Gasteiger partial charge in [0.25, 0.3) is 11.6 Å². The van der Waals surface area contributed by atoms with E-state index in [1.807, 2.05) is 0 Å². The van der Waals surface area contributed by atoms with Crippen LogP contribution in [0.3, 0.4) is 0 Å². The summed E-state index contributed by atoms with van der Waals surface area (Å²) in [6, 6.07) is 3.79. The highest BCUT2D eigenvalue weighted by Crippen LogP contribution is 2.29. The van der Waals surface area contributed by atoms with Gasteiger partial charge in [0, 0.05) is 25.0 Å². The van der Waals surface area contributed by atoms with E-state index in [1.54, 1.807) is 0 Å². The van der Waals surface area contributed by atoms with Crippen LogP contribution in [0.15, 0.2) is 24.3 Å². The number of nitro groups is 1. The molecule has 4 amide bonds. The quantitative estimate of drug-likeness (QED) is 0.451. The van der Waals surface area contributed by atoms with Gasteiger partial charge in [-0.3, -0.25) is 34.2 Å². The Bertz CT molecular complexity index is 725. The first-order valence-corrected chi connectivity index (χ1v) is 6.86. The number of carbonyl (C=O) groups excluding carboxylic acids is 4. The molecule has 0 aromatic heterocycles. The minimum Gasteiger partial charge on any atom is -0.274 e. The van der Waals surface area contributed by atoms with Crippen LogP contribution in [0.1, 0.15) is 19.3 Å². The molecular weight excluding hydrogens is 306 g/mol. The Morgan fingerprint density at radius 1 is 0.957 bits per heavy atom. The lowest BCUT2D eigenvalue weighted by molar-refractivity contribution is -0.384. The minimum atomic E-state index is -1.12. The van der Waals surface area contributed by atoms with Crippen molar-refractivity contribution < 1.29 is 24.1 Å². The smallest absolute Gasteiger partial charge is 0.269 e. The van der Waals surface area contributed by atoms with E-state index in [-0.39, 0.29) is 30.6 Å². The van der Waals surface area contributed by atoms with Gasteiger partial charge in [0.1, 0.15) is 6.04 Å². The van der Waals surface area contributed by atoms with E-state index in [4.69, 9.17) is 0 Å². The number of hydrogen-bond acceptors (Lipinski definition) is 6. The van der Waals surface area contributed by atoms with Crippen molar-refractivity contribution in [3.8, 4) is 0 Å². The summed E-state index contributed by atoms with van der Waals surface area (Å²) in [5, 5.41) is 10.6. The molecule has 1 aromatic rings. The Morgan fingerprint density at radius 2 is 1.52 bits per heavy atom. The van der Waals surface area contributed by atoms with Crippen molar-refractivity contribution in [3.05, 3.63) is 34.4 Å².